The Balaban J connectivity index is 2.20. The molecule has 0 saturated heterocycles. The predicted molar refractivity (Wildman–Crippen MR) is 126 cm³/mol. The highest BCUT2D eigenvalue weighted by molar-refractivity contribution is 6.14. The summed E-state index contributed by atoms with van der Waals surface area (Å²) in [6, 6.07) is 12.5. The number of esters is 1. The molecule has 192 valence electrons. The highest BCUT2D eigenvalue weighted by atomic mass is 19.4. The molecule has 2 rings (SSSR count). The number of methoxy groups -OCH3 is 1. The average molecular weight is 506 g/mol. The number of rotatable bonds is 10. The molecule has 0 saturated carbocycles. The molecule has 2 amide bonds. The predicted octanol–water partition coefficient (Wildman–Crippen LogP) is 2.65. The molecule has 0 unspecified atom stereocenters. The van der Waals surface area contributed by atoms with Gasteiger partial charge in [0.05, 0.1) is 25.0 Å². The summed E-state index contributed by atoms with van der Waals surface area (Å²) in [6.07, 6.45) is -4.39. The molecule has 0 fully saturated rings. The fourth-order valence-corrected chi connectivity index (χ4v) is 2.79. The quantitative estimate of drug-likeness (QED) is 0.258. The lowest BCUT2D eigenvalue weighted by Crippen LogP contribution is -2.50. The number of nitrogens with two attached hydrogens (primary N) is 1. The fourth-order valence-electron chi connectivity index (χ4n) is 2.79. The molecule has 1 atom stereocenters. The Morgan fingerprint density at radius 2 is 1.72 bits per heavy atom. The molecule has 0 radical (unpaired) electrons. The van der Waals surface area contributed by atoms with Crippen LogP contribution in [-0.4, -0.2) is 56.5 Å². The van der Waals surface area contributed by atoms with Crippen molar-refractivity contribution in [3.05, 3.63) is 71.4 Å². The maximum absolute atomic E-state index is 13.3. The number of hydrogen-bond acceptors (Lipinski definition) is 7. The minimum atomic E-state index is -5.04. The molecule has 0 aliphatic heterocycles. The maximum atomic E-state index is 13.3. The minimum absolute atomic E-state index is 0.227. The van der Waals surface area contributed by atoms with Gasteiger partial charge >= 0.3 is 12.1 Å². The van der Waals surface area contributed by atoms with E-state index < -0.39 is 47.8 Å². The van der Waals surface area contributed by atoms with Crippen LogP contribution in [0.4, 0.5) is 18.9 Å². The summed E-state index contributed by atoms with van der Waals surface area (Å²) in [6.45, 7) is 1.77. The molecule has 0 heterocycles. The van der Waals surface area contributed by atoms with Crippen molar-refractivity contribution in [2.45, 2.75) is 19.1 Å². The van der Waals surface area contributed by atoms with Crippen LogP contribution in [0.1, 0.15) is 17.3 Å². The van der Waals surface area contributed by atoms with Crippen molar-refractivity contribution in [1.29, 1.82) is 0 Å². The first kappa shape index (κ1) is 27.9. The fraction of sp³-hybridized carbons (Fsp3) is 0.250. The first-order valence-electron chi connectivity index (χ1n) is 10.6. The van der Waals surface area contributed by atoms with Crippen molar-refractivity contribution in [3.63, 3.8) is 0 Å². The van der Waals surface area contributed by atoms with E-state index in [1.54, 1.807) is 37.3 Å². The summed E-state index contributed by atoms with van der Waals surface area (Å²) in [5, 5.41) is 4.54. The van der Waals surface area contributed by atoms with E-state index in [9.17, 15) is 27.6 Å². The Morgan fingerprint density at radius 3 is 2.28 bits per heavy atom. The second kappa shape index (κ2) is 12.9. The van der Waals surface area contributed by atoms with E-state index in [2.05, 4.69) is 20.4 Å². The number of para-hydroxylation sites is 1. The lowest BCUT2D eigenvalue weighted by atomic mass is 10.1. The number of nitrogens with zero attached hydrogens (tertiary/aromatic N) is 1. The third kappa shape index (κ3) is 8.15. The van der Waals surface area contributed by atoms with Gasteiger partial charge in [-0.05, 0) is 43.3 Å². The van der Waals surface area contributed by atoms with E-state index in [4.69, 9.17) is 10.5 Å². The summed E-state index contributed by atoms with van der Waals surface area (Å²) in [4.78, 5) is 41.2. The topological polar surface area (TPSA) is 132 Å². The van der Waals surface area contributed by atoms with Crippen molar-refractivity contribution in [3.8, 4) is 5.75 Å². The second-order valence-electron chi connectivity index (χ2n) is 7.14. The van der Waals surface area contributed by atoms with Crippen molar-refractivity contribution >= 4 is 29.7 Å². The van der Waals surface area contributed by atoms with Gasteiger partial charge in [-0.1, -0.05) is 18.2 Å². The number of halogens is 3. The van der Waals surface area contributed by atoms with Crippen molar-refractivity contribution < 1.29 is 37.0 Å². The number of amides is 2. The van der Waals surface area contributed by atoms with Gasteiger partial charge in [0, 0.05) is 18.3 Å². The van der Waals surface area contributed by atoms with Crippen LogP contribution in [0.2, 0.25) is 0 Å². The monoisotopic (exact) mass is 506 g/mol. The zero-order chi connectivity index (χ0) is 26.7. The second-order valence-corrected chi connectivity index (χ2v) is 7.14. The molecule has 2 aromatic carbocycles. The summed E-state index contributed by atoms with van der Waals surface area (Å²) < 4.78 is 49.8. The Labute approximate surface area is 205 Å². The number of nitrogens with one attached hydrogen (secondary N) is 2. The van der Waals surface area contributed by atoms with Crippen LogP contribution < -0.4 is 21.1 Å². The highest BCUT2D eigenvalue weighted by Crippen LogP contribution is 2.24. The molecule has 0 spiro atoms. The average Bonchev–Trinajstić information content (AvgIpc) is 2.86. The van der Waals surface area contributed by atoms with Gasteiger partial charge in [0.2, 0.25) is 0 Å². The maximum Gasteiger partial charge on any atom is 0.431 e. The SMILES string of the molecule is CCOc1ccc(C(=O)NC[C@H](NC(=O)C(C=Nc2ccccc2)=C(N)C(F)(F)F)C(=O)OC)cc1. The number of alkyl halides is 3. The number of benzene rings is 2. The lowest BCUT2D eigenvalue weighted by molar-refractivity contribution is -0.144. The molecular formula is C24H25F3N4O5. The van der Waals surface area contributed by atoms with Crippen LogP contribution in [0.3, 0.4) is 0 Å². The van der Waals surface area contributed by atoms with Gasteiger partial charge in [0.15, 0.2) is 0 Å². The van der Waals surface area contributed by atoms with E-state index in [1.165, 1.54) is 24.3 Å². The smallest absolute Gasteiger partial charge is 0.431 e. The van der Waals surface area contributed by atoms with Gasteiger partial charge in [-0.25, -0.2) is 4.79 Å². The standard InChI is InChI=1S/C24H25F3N4O5/c1-3-36-17-11-9-15(10-12-17)21(32)30-14-19(23(34)35-2)31-22(33)18(20(28)24(25,26)27)13-29-16-7-5-4-6-8-16/h4-13,19H,3,14,28H2,1-2H3,(H,30,32)(H,31,33)/t19-/m0/s1. The number of hydrogen-bond donors (Lipinski definition) is 3. The van der Waals surface area contributed by atoms with Gasteiger partial charge in [0.25, 0.3) is 11.8 Å². The first-order valence-corrected chi connectivity index (χ1v) is 10.6. The van der Waals surface area contributed by atoms with E-state index in [0.29, 0.717) is 18.6 Å². The molecule has 0 bridgehead atoms. The Hall–Kier alpha value is -4.35. The summed E-state index contributed by atoms with van der Waals surface area (Å²) >= 11 is 0. The van der Waals surface area contributed by atoms with Gasteiger partial charge in [-0.3, -0.25) is 14.6 Å². The Bertz CT molecular complexity index is 1120. The molecule has 12 heteroatoms. The molecule has 36 heavy (non-hydrogen) atoms. The number of aliphatic imine (C=N–C) groups is 1. The van der Waals surface area contributed by atoms with Crippen LogP contribution in [0, 0.1) is 0 Å². The van der Waals surface area contributed by atoms with Crippen LogP contribution in [-0.2, 0) is 14.3 Å². The van der Waals surface area contributed by atoms with Gasteiger partial charge in [-0.15, -0.1) is 0 Å². The van der Waals surface area contributed by atoms with Crippen LogP contribution >= 0.6 is 0 Å². The number of carbonyl (C=O) groups excluding carboxylic acids is 3. The zero-order valence-corrected chi connectivity index (χ0v) is 19.5. The zero-order valence-electron chi connectivity index (χ0n) is 19.5. The van der Waals surface area contributed by atoms with Crippen molar-refractivity contribution in [1.82, 2.24) is 10.6 Å². The van der Waals surface area contributed by atoms with Gasteiger partial charge < -0.3 is 25.8 Å². The Kier molecular flexibility index (Phi) is 10.0. The normalized spacial score (nSPS) is 12.9. The Morgan fingerprint density at radius 1 is 1.08 bits per heavy atom. The van der Waals surface area contributed by atoms with Crippen molar-refractivity contribution in [2.75, 3.05) is 20.3 Å². The third-order valence-corrected chi connectivity index (χ3v) is 4.62. The van der Waals surface area contributed by atoms with E-state index in [-0.39, 0.29) is 11.3 Å². The first-order chi connectivity index (χ1) is 17.1. The van der Waals surface area contributed by atoms with E-state index in [1.807, 2.05) is 0 Å². The highest BCUT2D eigenvalue weighted by Gasteiger charge is 2.36. The summed E-state index contributed by atoms with van der Waals surface area (Å²) in [5.74, 6) is -2.39. The molecule has 0 aliphatic carbocycles. The molecule has 2 aromatic rings. The lowest BCUT2D eigenvalue weighted by Gasteiger charge is -2.18. The number of ether oxygens (including phenoxy) is 2. The van der Waals surface area contributed by atoms with Crippen molar-refractivity contribution in [2.24, 2.45) is 10.7 Å². The van der Waals surface area contributed by atoms with E-state index >= 15 is 0 Å². The molecule has 0 aliphatic rings. The largest absolute Gasteiger partial charge is 0.494 e. The molecular weight excluding hydrogens is 481 g/mol. The van der Waals surface area contributed by atoms with Crippen LogP contribution in [0.15, 0.2) is 70.9 Å². The molecule has 9 nitrogen and oxygen atoms in total. The van der Waals surface area contributed by atoms with Gasteiger partial charge in [-0.2, -0.15) is 13.2 Å². The van der Waals surface area contributed by atoms with E-state index in [0.717, 1.165) is 7.11 Å². The third-order valence-electron chi connectivity index (χ3n) is 4.62. The molecule has 4 N–H and O–H groups in total. The minimum Gasteiger partial charge on any atom is -0.494 e. The number of allylic oxidation sites excluding steroid dienone is 1. The molecule has 0 aromatic heterocycles. The number of carbonyl (C=O) groups is 3. The summed E-state index contributed by atoms with van der Waals surface area (Å²) in [7, 11) is 1.02. The van der Waals surface area contributed by atoms with Crippen LogP contribution in [0.25, 0.3) is 0 Å². The summed E-state index contributed by atoms with van der Waals surface area (Å²) in [5.41, 5.74) is 2.96. The van der Waals surface area contributed by atoms with Gasteiger partial charge in [0.1, 0.15) is 17.5 Å². The van der Waals surface area contributed by atoms with Crippen LogP contribution in [0.5, 0.6) is 5.75 Å².